The normalized spacial score (nSPS) is 23.7. The van der Waals surface area contributed by atoms with Crippen molar-refractivity contribution >= 4 is 23.4 Å². The van der Waals surface area contributed by atoms with E-state index in [4.69, 9.17) is 11.6 Å². The van der Waals surface area contributed by atoms with Crippen molar-refractivity contribution in [2.24, 2.45) is 17.3 Å². The molecule has 1 aromatic carbocycles. The molecule has 2 atom stereocenters. The lowest BCUT2D eigenvalue weighted by atomic mass is 9.82. The zero-order chi connectivity index (χ0) is 20.8. The minimum Gasteiger partial charge on any atom is -0.396 e. The minimum absolute atomic E-state index is 0.0445. The Hall–Kier alpha value is -2.38. The van der Waals surface area contributed by atoms with Crippen molar-refractivity contribution in [1.82, 2.24) is 20.0 Å². The second-order valence-corrected chi connectivity index (χ2v) is 8.83. The molecule has 2 N–H and O–H groups in total. The third kappa shape index (κ3) is 3.42. The van der Waals surface area contributed by atoms with Gasteiger partial charge in [0.2, 0.25) is 5.91 Å². The summed E-state index contributed by atoms with van der Waals surface area (Å²) in [6.45, 7) is 5.73. The number of fused-ring (bicyclic) bond motifs is 1. The van der Waals surface area contributed by atoms with E-state index in [0.29, 0.717) is 42.6 Å². The molecule has 154 valence electrons. The summed E-state index contributed by atoms with van der Waals surface area (Å²) >= 11 is 6.23. The van der Waals surface area contributed by atoms with Crippen LogP contribution in [0.15, 0.2) is 30.3 Å². The summed E-state index contributed by atoms with van der Waals surface area (Å²) in [6.07, 6.45) is 0. The number of nitrogens with zero attached hydrogens (tertiary/aromatic N) is 3. The smallest absolute Gasteiger partial charge is 0.271 e. The number of carbonyl (C=O) groups is 2. The molecule has 8 heteroatoms. The van der Waals surface area contributed by atoms with Crippen LogP contribution in [-0.2, 0) is 4.79 Å². The summed E-state index contributed by atoms with van der Waals surface area (Å²) in [7, 11) is 0. The van der Waals surface area contributed by atoms with E-state index in [1.165, 1.54) is 0 Å². The van der Waals surface area contributed by atoms with Gasteiger partial charge in [0.25, 0.3) is 5.91 Å². The molecule has 0 unspecified atom stereocenters. The number of benzene rings is 1. The molecule has 2 amide bonds. The Kier molecular flexibility index (Phi) is 5.12. The summed E-state index contributed by atoms with van der Waals surface area (Å²) < 4.78 is 0. The quantitative estimate of drug-likeness (QED) is 0.800. The Labute approximate surface area is 174 Å². The number of rotatable bonds is 4. The first kappa shape index (κ1) is 19.9. The lowest BCUT2D eigenvalue weighted by Crippen LogP contribution is -2.41. The molecule has 0 radical (unpaired) electrons. The predicted molar refractivity (Wildman–Crippen MR) is 109 cm³/mol. The highest BCUT2D eigenvalue weighted by atomic mass is 35.5. The Morgan fingerprint density at radius 2 is 1.97 bits per heavy atom. The van der Waals surface area contributed by atoms with Crippen molar-refractivity contribution in [2.45, 2.75) is 13.8 Å². The van der Waals surface area contributed by atoms with Gasteiger partial charge < -0.3 is 14.9 Å². The van der Waals surface area contributed by atoms with Gasteiger partial charge in [-0.15, -0.1) is 0 Å². The van der Waals surface area contributed by atoms with Crippen molar-refractivity contribution in [3.8, 4) is 11.3 Å². The Morgan fingerprint density at radius 1 is 1.28 bits per heavy atom. The second-order valence-electron chi connectivity index (χ2n) is 8.42. The van der Waals surface area contributed by atoms with Gasteiger partial charge in [-0.25, -0.2) is 0 Å². The van der Waals surface area contributed by atoms with Gasteiger partial charge in [0.05, 0.1) is 17.3 Å². The monoisotopic (exact) mass is 416 g/mol. The van der Waals surface area contributed by atoms with Crippen LogP contribution in [0.3, 0.4) is 0 Å². The maximum Gasteiger partial charge on any atom is 0.271 e. The molecule has 4 rings (SSSR count). The molecule has 0 spiro atoms. The SMILES string of the molecule is CC(C)C(=O)N1C[C@@H]2CN(C(=O)c3cc(-c4ccccc4Cl)n[nH]3)C[C@]2(CO)C1. The maximum absolute atomic E-state index is 13.0. The Morgan fingerprint density at radius 3 is 2.62 bits per heavy atom. The van der Waals surface area contributed by atoms with Gasteiger partial charge >= 0.3 is 0 Å². The molecule has 3 heterocycles. The van der Waals surface area contributed by atoms with Crippen LogP contribution >= 0.6 is 11.6 Å². The summed E-state index contributed by atoms with van der Waals surface area (Å²) in [4.78, 5) is 29.0. The van der Waals surface area contributed by atoms with Crippen molar-refractivity contribution in [3.63, 3.8) is 0 Å². The van der Waals surface area contributed by atoms with Crippen LogP contribution in [0.25, 0.3) is 11.3 Å². The number of H-pyrrole nitrogens is 1. The fourth-order valence-corrected chi connectivity index (χ4v) is 4.73. The third-order valence-electron chi connectivity index (χ3n) is 6.12. The molecule has 29 heavy (non-hydrogen) atoms. The van der Waals surface area contributed by atoms with Gasteiger partial charge in [0.15, 0.2) is 0 Å². The van der Waals surface area contributed by atoms with E-state index in [-0.39, 0.29) is 30.3 Å². The van der Waals surface area contributed by atoms with Gasteiger partial charge in [0.1, 0.15) is 5.69 Å². The number of aliphatic hydroxyl groups is 1. The second kappa shape index (κ2) is 7.46. The van der Waals surface area contributed by atoms with Crippen LogP contribution in [0.1, 0.15) is 24.3 Å². The molecule has 2 aliphatic heterocycles. The van der Waals surface area contributed by atoms with Crippen LogP contribution in [0, 0.1) is 17.3 Å². The lowest BCUT2D eigenvalue weighted by molar-refractivity contribution is -0.134. The Balaban J connectivity index is 1.50. The summed E-state index contributed by atoms with van der Waals surface area (Å²) in [6, 6.07) is 9.05. The first-order chi connectivity index (χ1) is 13.8. The van der Waals surface area contributed by atoms with Crippen LogP contribution in [-0.4, -0.2) is 69.7 Å². The highest BCUT2D eigenvalue weighted by Crippen LogP contribution is 2.43. The molecule has 1 aromatic heterocycles. The topological polar surface area (TPSA) is 89.5 Å². The molecule has 0 saturated carbocycles. The summed E-state index contributed by atoms with van der Waals surface area (Å²) in [5, 5.41) is 17.7. The van der Waals surface area contributed by atoms with Gasteiger partial charge in [-0.2, -0.15) is 5.10 Å². The highest BCUT2D eigenvalue weighted by Gasteiger charge is 2.54. The fourth-order valence-electron chi connectivity index (χ4n) is 4.50. The van der Waals surface area contributed by atoms with Crippen LogP contribution in [0.4, 0.5) is 0 Å². The van der Waals surface area contributed by atoms with E-state index in [1.54, 1.807) is 17.0 Å². The average molecular weight is 417 g/mol. The number of aromatic nitrogens is 2. The number of nitrogens with one attached hydrogen (secondary N) is 1. The van der Waals surface area contributed by atoms with E-state index < -0.39 is 5.41 Å². The van der Waals surface area contributed by atoms with E-state index in [0.717, 1.165) is 5.56 Å². The maximum atomic E-state index is 13.0. The summed E-state index contributed by atoms with van der Waals surface area (Å²) in [5.41, 5.74) is 1.32. The third-order valence-corrected chi connectivity index (χ3v) is 6.45. The van der Waals surface area contributed by atoms with Gasteiger partial charge in [0, 0.05) is 49.0 Å². The van der Waals surface area contributed by atoms with Crippen molar-refractivity contribution < 1.29 is 14.7 Å². The first-order valence-electron chi connectivity index (χ1n) is 9.84. The molecule has 0 aliphatic carbocycles. The number of aromatic amines is 1. The largest absolute Gasteiger partial charge is 0.396 e. The molecule has 7 nitrogen and oxygen atoms in total. The van der Waals surface area contributed by atoms with Crippen LogP contribution < -0.4 is 0 Å². The number of hydrogen-bond donors (Lipinski definition) is 2. The molecular weight excluding hydrogens is 392 g/mol. The van der Waals surface area contributed by atoms with E-state index in [1.807, 2.05) is 36.9 Å². The highest BCUT2D eigenvalue weighted by molar-refractivity contribution is 6.33. The van der Waals surface area contributed by atoms with E-state index in [2.05, 4.69) is 10.2 Å². The van der Waals surface area contributed by atoms with Crippen molar-refractivity contribution in [3.05, 3.63) is 41.0 Å². The van der Waals surface area contributed by atoms with E-state index in [9.17, 15) is 14.7 Å². The summed E-state index contributed by atoms with van der Waals surface area (Å²) in [5.74, 6) is -0.0524. The molecule has 0 bridgehead atoms. The van der Waals surface area contributed by atoms with Gasteiger partial charge in [-0.05, 0) is 12.1 Å². The van der Waals surface area contributed by atoms with Crippen molar-refractivity contribution in [1.29, 1.82) is 0 Å². The van der Waals surface area contributed by atoms with Crippen LogP contribution in [0.2, 0.25) is 5.02 Å². The first-order valence-corrected chi connectivity index (χ1v) is 10.2. The average Bonchev–Trinajstić information content (AvgIpc) is 3.40. The molecule has 2 saturated heterocycles. The Bertz CT molecular complexity index is 944. The molecule has 2 aromatic rings. The number of halogens is 1. The minimum atomic E-state index is -0.453. The zero-order valence-corrected chi connectivity index (χ0v) is 17.3. The predicted octanol–water partition coefficient (Wildman–Crippen LogP) is 2.28. The van der Waals surface area contributed by atoms with Gasteiger partial charge in [-0.1, -0.05) is 43.6 Å². The lowest BCUT2D eigenvalue weighted by Gasteiger charge is -2.27. The van der Waals surface area contributed by atoms with Crippen LogP contribution in [0.5, 0.6) is 0 Å². The zero-order valence-electron chi connectivity index (χ0n) is 16.6. The number of aliphatic hydroxyl groups excluding tert-OH is 1. The molecule has 2 aliphatic rings. The number of hydrogen-bond acceptors (Lipinski definition) is 4. The molecule has 2 fully saturated rings. The van der Waals surface area contributed by atoms with Crippen molar-refractivity contribution in [2.75, 3.05) is 32.8 Å². The van der Waals surface area contributed by atoms with E-state index >= 15 is 0 Å². The standard InChI is InChI=1S/C21H25ClN4O3/c1-13(2)19(28)25-8-14-9-26(11-21(14,10-25)12-27)20(29)18-7-17(23-24-18)15-5-3-4-6-16(15)22/h3-7,13-14,27H,8-12H2,1-2H3,(H,23,24)/t14-,21+/m1/s1. The number of amides is 2. The number of carbonyl (C=O) groups excluding carboxylic acids is 2. The fraction of sp³-hybridized carbons (Fsp3) is 0.476. The molecular formula is C21H25ClN4O3. The van der Waals surface area contributed by atoms with Gasteiger partial charge in [-0.3, -0.25) is 14.7 Å². The number of likely N-dealkylation sites (tertiary alicyclic amines) is 2.